The van der Waals surface area contributed by atoms with Gasteiger partial charge in [-0.2, -0.15) is 4.98 Å². The van der Waals surface area contributed by atoms with Crippen LogP contribution in [0.25, 0.3) is 17.0 Å². The fourth-order valence-electron chi connectivity index (χ4n) is 4.23. The maximum Gasteiger partial charge on any atom is 0.573 e. The third kappa shape index (κ3) is 6.87. The monoisotopic (exact) mass is 499 g/mol. The van der Waals surface area contributed by atoms with Crippen LogP contribution in [0.1, 0.15) is 31.2 Å². The average molecular weight is 500 g/mol. The van der Waals surface area contributed by atoms with E-state index in [1.807, 2.05) is 43.3 Å². The van der Waals surface area contributed by atoms with Gasteiger partial charge in [-0.3, -0.25) is 4.79 Å². The predicted molar refractivity (Wildman–Crippen MR) is 134 cm³/mol. The van der Waals surface area contributed by atoms with Gasteiger partial charge in [0, 0.05) is 37.6 Å². The Bertz CT molecular complexity index is 1220. The summed E-state index contributed by atoms with van der Waals surface area (Å²) < 4.78 is 40.6. The fourth-order valence-corrected chi connectivity index (χ4v) is 4.23. The van der Waals surface area contributed by atoms with E-state index in [2.05, 4.69) is 20.4 Å². The summed E-state index contributed by atoms with van der Waals surface area (Å²) in [4.78, 5) is 23.7. The third-order valence-electron chi connectivity index (χ3n) is 5.95. The number of amides is 1. The SMILES string of the molecule is CN(C)c1nc(N[C@H]2CC[C@@H](NC(=O)/C=C/c3ccc(OC(F)(F)F)cc3)CC2)nc2ccccc12. The van der Waals surface area contributed by atoms with Crippen LogP contribution in [0.2, 0.25) is 0 Å². The second kappa shape index (κ2) is 10.8. The second-order valence-electron chi connectivity index (χ2n) is 8.93. The number of anilines is 2. The zero-order valence-electron chi connectivity index (χ0n) is 20.0. The average Bonchev–Trinajstić information content (AvgIpc) is 2.83. The zero-order valence-corrected chi connectivity index (χ0v) is 20.0. The molecule has 0 radical (unpaired) electrons. The molecule has 1 heterocycles. The van der Waals surface area contributed by atoms with E-state index in [1.165, 1.54) is 30.3 Å². The van der Waals surface area contributed by atoms with Crippen molar-refractivity contribution in [2.24, 2.45) is 0 Å². The highest BCUT2D eigenvalue weighted by Gasteiger charge is 2.31. The van der Waals surface area contributed by atoms with Crippen LogP contribution in [0.4, 0.5) is 24.9 Å². The van der Waals surface area contributed by atoms with E-state index in [0.29, 0.717) is 11.5 Å². The Morgan fingerprint density at radius 1 is 1.00 bits per heavy atom. The number of halogens is 3. The topological polar surface area (TPSA) is 79.4 Å². The molecule has 0 spiro atoms. The summed E-state index contributed by atoms with van der Waals surface area (Å²) in [6, 6.07) is 13.5. The Kier molecular flexibility index (Phi) is 7.61. The molecule has 4 rings (SSSR count). The van der Waals surface area contributed by atoms with E-state index >= 15 is 0 Å². The summed E-state index contributed by atoms with van der Waals surface area (Å²) in [6.07, 6.45) is 1.56. The van der Waals surface area contributed by atoms with Crippen LogP contribution in [-0.4, -0.2) is 48.4 Å². The van der Waals surface area contributed by atoms with Gasteiger partial charge < -0.3 is 20.3 Å². The molecule has 36 heavy (non-hydrogen) atoms. The van der Waals surface area contributed by atoms with Gasteiger partial charge in [0.15, 0.2) is 0 Å². The molecular formula is C26H28F3N5O2. The number of alkyl halides is 3. The van der Waals surface area contributed by atoms with E-state index in [1.54, 1.807) is 6.08 Å². The highest BCUT2D eigenvalue weighted by molar-refractivity contribution is 5.92. The third-order valence-corrected chi connectivity index (χ3v) is 5.95. The summed E-state index contributed by atoms with van der Waals surface area (Å²) >= 11 is 0. The Morgan fingerprint density at radius 2 is 1.67 bits per heavy atom. The number of fused-ring (bicyclic) bond motifs is 1. The molecule has 1 amide bonds. The minimum absolute atomic E-state index is 0.0534. The normalized spacial score (nSPS) is 18.2. The summed E-state index contributed by atoms with van der Waals surface area (Å²) in [5, 5.41) is 7.45. The van der Waals surface area contributed by atoms with Gasteiger partial charge in [-0.1, -0.05) is 24.3 Å². The van der Waals surface area contributed by atoms with Crippen molar-refractivity contribution < 1.29 is 22.7 Å². The van der Waals surface area contributed by atoms with Crippen LogP contribution in [0, 0.1) is 0 Å². The molecule has 1 aliphatic rings. The molecule has 1 fully saturated rings. The number of hydrogen-bond acceptors (Lipinski definition) is 6. The number of ether oxygens (including phenoxy) is 1. The van der Waals surface area contributed by atoms with Gasteiger partial charge in [0.25, 0.3) is 0 Å². The lowest BCUT2D eigenvalue weighted by molar-refractivity contribution is -0.274. The lowest BCUT2D eigenvalue weighted by Crippen LogP contribution is -2.39. The van der Waals surface area contributed by atoms with Crippen molar-refractivity contribution >= 4 is 34.7 Å². The van der Waals surface area contributed by atoms with Crippen LogP contribution in [-0.2, 0) is 4.79 Å². The van der Waals surface area contributed by atoms with Gasteiger partial charge >= 0.3 is 6.36 Å². The molecule has 1 aliphatic carbocycles. The fraction of sp³-hybridized carbons (Fsp3) is 0.346. The smallest absolute Gasteiger partial charge is 0.406 e. The first kappa shape index (κ1) is 25.3. The second-order valence-corrected chi connectivity index (χ2v) is 8.93. The molecular weight excluding hydrogens is 471 g/mol. The van der Waals surface area contributed by atoms with Gasteiger partial charge in [0.05, 0.1) is 5.52 Å². The van der Waals surface area contributed by atoms with Crippen LogP contribution in [0.3, 0.4) is 0 Å². The van der Waals surface area contributed by atoms with Crippen LogP contribution >= 0.6 is 0 Å². The molecule has 0 atom stereocenters. The first-order valence-corrected chi connectivity index (χ1v) is 11.7. The Morgan fingerprint density at radius 3 is 2.33 bits per heavy atom. The van der Waals surface area contributed by atoms with E-state index in [9.17, 15) is 18.0 Å². The van der Waals surface area contributed by atoms with Gasteiger partial charge in [0.1, 0.15) is 11.6 Å². The van der Waals surface area contributed by atoms with Crippen LogP contribution in [0.15, 0.2) is 54.6 Å². The number of benzene rings is 2. The van der Waals surface area contributed by atoms with Crippen LogP contribution < -0.4 is 20.3 Å². The minimum atomic E-state index is -4.73. The standard InChI is InChI=1S/C26H28F3N5O2/c1-34(2)24-21-5-3-4-6-22(21)32-25(33-24)31-19-12-10-18(11-13-19)30-23(35)16-9-17-7-14-20(15-8-17)36-26(27,28)29/h3-9,14-16,18-19H,10-13H2,1-2H3,(H,30,35)(H,31,32,33)/b16-9+/t18-,19+. The molecule has 7 nitrogen and oxygen atoms in total. The number of nitrogens with one attached hydrogen (secondary N) is 2. The number of carbonyl (C=O) groups is 1. The summed E-state index contributed by atoms with van der Waals surface area (Å²) in [5.74, 6) is 0.912. The molecule has 1 aromatic heterocycles. The molecule has 1 saturated carbocycles. The zero-order chi connectivity index (χ0) is 25.7. The van der Waals surface area contributed by atoms with Crippen molar-refractivity contribution in [2.45, 2.75) is 44.1 Å². The first-order chi connectivity index (χ1) is 17.2. The molecule has 0 bridgehead atoms. The van der Waals surface area contributed by atoms with Gasteiger partial charge in [-0.15, -0.1) is 13.2 Å². The molecule has 190 valence electrons. The van der Waals surface area contributed by atoms with Crippen molar-refractivity contribution in [3.05, 3.63) is 60.2 Å². The van der Waals surface area contributed by atoms with E-state index in [4.69, 9.17) is 4.98 Å². The van der Waals surface area contributed by atoms with E-state index in [-0.39, 0.29) is 23.7 Å². The Hall–Kier alpha value is -3.82. The largest absolute Gasteiger partial charge is 0.573 e. The number of hydrogen-bond donors (Lipinski definition) is 2. The quantitative estimate of drug-likeness (QED) is 0.438. The number of para-hydroxylation sites is 1. The van der Waals surface area contributed by atoms with Crippen LogP contribution in [0.5, 0.6) is 5.75 Å². The molecule has 0 unspecified atom stereocenters. The maximum absolute atomic E-state index is 12.3. The van der Waals surface area contributed by atoms with Gasteiger partial charge in [-0.25, -0.2) is 4.98 Å². The number of aromatic nitrogens is 2. The van der Waals surface area contributed by atoms with Crippen molar-refractivity contribution in [1.82, 2.24) is 15.3 Å². The lowest BCUT2D eigenvalue weighted by atomic mass is 9.91. The van der Waals surface area contributed by atoms with E-state index in [0.717, 1.165) is 42.4 Å². The summed E-state index contributed by atoms with van der Waals surface area (Å²) in [5.41, 5.74) is 1.48. The summed E-state index contributed by atoms with van der Waals surface area (Å²) in [7, 11) is 3.91. The van der Waals surface area contributed by atoms with Crippen molar-refractivity contribution in [1.29, 1.82) is 0 Å². The molecule has 0 saturated heterocycles. The number of carbonyl (C=O) groups excluding carboxylic acids is 1. The molecule has 2 N–H and O–H groups in total. The lowest BCUT2D eigenvalue weighted by Gasteiger charge is -2.29. The Labute approximate surface area is 207 Å². The molecule has 3 aromatic rings. The molecule has 2 aromatic carbocycles. The summed E-state index contributed by atoms with van der Waals surface area (Å²) in [6.45, 7) is 0. The Balaban J connectivity index is 1.27. The molecule has 10 heteroatoms. The van der Waals surface area contributed by atoms with Crippen molar-refractivity contribution in [2.75, 3.05) is 24.3 Å². The minimum Gasteiger partial charge on any atom is -0.406 e. The highest BCUT2D eigenvalue weighted by atomic mass is 19.4. The van der Waals surface area contributed by atoms with Gasteiger partial charge in [-0.05, 0) is 61.6 Å². The highest BCUT2D eigenvalue weighted by Crippen LogP contribution is 2.27. The number of rotatable bonds is 7. The van der Waals surface area contributed by atoms with Crippen molar-refractivity contribution in [3.63, 3.8) is 0 Å². The van der Waals surface area contributed by atoms with E-state index < -0.39 is 6.36 Å². The van der Waals surface area contributed by atoms with Gasteiger partial charge in [0.2, 0.25) is 11.9 Å². The maximum atomic E-state index is 12.3. The molecule has 0 aliphatic heterocycles. The first-order valence-electron chi connectivity index (χ1n) is 11.7. The predicted octanol–water partition coefficient (Wildman–Crippen LogP) is 5.15. The van der Waals surface area contributed by atoms with Crippen molar-refractivity contribution in [3.8, 4) is 5.75 Å². The number of nitrogens with zero attached hydrogens (tertiary/aromatic N) is 3.